The van der Waals surface area contributed by atoms with E-state index in [4.69, 9.17) is 5.26 Å². The molecule has 0 aliphatic rings. The number of aromatic nitrogens is 2. The van der Waals surface area contributed by atoms with Gasteiger partial charge in [-0.15, -0.1) is 11.3 Å². The van der Waals surface area contributed by atoms with Gasteiger partial charge in [-0.3, -0.25) is 9.36 Å². The molecule has 0 aliphatic carbocycles. The number of hydrogen-bond donors (Lipinski definition) is 1. The second-order valence-electron chi connectivity index (χ2n) is 7.00. The van der Waals surface area contributed by atoms with Gasteiger partial charge in [0, 0.05) is 11.4 Å². The number of phenolic OH excluding ortho intramolecular Hbond substituents is 1. The zero-order valence-corrected chi connectivity index (χ0v) is 17.5. The normalized spacial score (nSPS) is 10.7. The highest BCUT2D eigenvalue weighted by Gasteiger charge is 2.21. The maximum absolute atomic E-state index is 14.0. The third-order valence-corrected chi connectivity index (χ3v) is 6.01. The average Bonchev–Trinajstić information content (AvgIpc) is 3.24. The molecule has 4 rings (SSSR count). The van der Waals surface area contributed by atoms with E-state index < -0.39 is 11.6 Å². The molecule has 0 amide bonds. The highest BCUT2D eigenvalue weighted by Crippen LogP contribution is 2.32. The van der Waals surface area contributed by atoms with Crippen molar-refractivity contribution in [3.05, 3.63) is 93.0 Å². The molecule has 0 saturated carbocycles. The summed E-state index contributed by atoms with van der Waals surface area (Å²) in [5.74, 6) is -1.12. The number of phenols is 1. The van der Waals surface area contributed by atoms with Crippen molar-refractivity contribution in [1.82, 2.24) is 9.55 Å². The van der Waals surface area contributed by atoms with Crippen LogP contribution in [-0.2, 0) is 13.0 Å². The topological polar surface area (TPSA) is 78.9 Å². The fraction of sp³-hybridized carbons (Fsp3) is 0.125. The average molecular weight is 431 g/mol. The number of aryl methyl sites for hydroxylation is 2. The van der Waals surface area contributed by atoms with Crippen LogP contribution in [-0.4, -0.2) is 14.7 Å². The van der Waals surface area contributed by atoms with Gasteiger partial charge in [0.2, 0.25) is 0 Å². The van der Waals surface area contributed by atoms with E-state index in [1.807, 2.05) is 30.3 Å². The summed E-state index contributed by atoms with van der Waals surface area (Å²) in [5.41, 5.74) is 1.75. The Labute approximate surface area is 182 Å². The minimum Gasteiger partial charge on any atom is -0.504 e. The number of thiophene rings is 1. The maximum atomic E-state index is 14.0. The first-order chi connectivity index (χ1) is 15.0. The van der Waals surface area contributed by atoms with Gasteiger partial charge in [0.05, 0.1) is 16.8 Å². The van der Waals surface area contributed by atoms with Crippen molar-refractivity contribution < 1.29 is 9.50 Å². The zero-order valence-electron chi connectivity index (χ0n) is 16.7. The summed E-state index contributed by atoms with van der Waals surface area (Å²) in [6.45, 7) is 1.99. The fourth-order valence-corrected chi connectivity index (χ4v) is 4.36. The number of rotatable bonds is 5. The van der Waals surface area contributed by atoms with Gasteiger partial charge in [0.1, 0.15) is 16.8 Å². The fourth-order valence-electron chi connectivity index (χ4n) is 3.47. The van der Waals surface area contributed by atoms with E-state index in [0.717, 1.165) is 11.6 Å². The van der Waals surface area contributed by atoms with Crippen LogP contribution in [0.25, 0.3) is 21.8 Å². The molecule has 0 spiro atoms. The summed E-state index contributed by atoms with van der Waals surface area (Å²) in [5, 5.41) is 19.4. The second kappa shape index (κ2) is 8.54. The van der Waals surface area contributed by atoms with Crippen LogP contribution in [0.2, 0.25) is 0 Å². The Morgan fingerprint density at radius 1 is 1.13 bits per heavy atom. The van der Waals surface area contributed by atoms with Gasteiger partial charge < -0.3 is 5.11 Å². The molecule has 2 aromatic carbocycles. The number of aromatic hydroxyl groups is 1. The van der Waals surface area contributed by atoms with Gasteiger partial charge in [-0.2, -0.15) is 5.26 Å². The van der Waals surface area contributed by atoms with Crippen LogP contribution in [0.5, 0.6) is 5.75 Å². The van der Waals surface area contributed by atoms with Gasteiger partial charge >= 0.3 is 0 Å². The summed E-state index contributed by atoms with van der Waals surface area (Å²) in [4.78, 5) is 19.3. The van der Waals surface area contributed by atoms with Crippen molar-refractivity contribution in [3.63, 3.8) is 0 Å². The Morgan fingerprint density at radius 2 is 1.90 bits per heavy atom. The number of para-hydroxylation sites is 1. The third kappa shape index (κ3) is 3.98. The van der Waals surface area contributed by atoms with Gasteiger partial charge in [-0.25, -0.2) is 9.37 Å². The molecule has 0 atom stereocenters. The molecule has 154 valence electrons. The van der Waals surface area contributed by atoms with Crippen LogP contribution in [0.15, 0.2) is 65.5 Å². The number of nitriles is 1. The Hall–Kier alpha value is -3.76. The summed E-state index contributed by atoms with van der Waals surface area (Å²) in [6, 6.07) is 19.3. The number of nitrogens with zero attached hydrogens (tertiary/aromatic N) is 3. The number of benzene rings is 2. The molecular formula is C24H18FN3O2S. The monoisotopic (exact) mass is 431 g/mol. The molecule has 0 saturated heterocycles. The lowest BCUT2D eigenvalue weighted by Gasteiger charge is -2.16. The van der Waals surface area contributed by atoms with Crippen LogP contribution in [0.1, 0.15) is 16.1 Å². The highest BCUT2D eigenvalue weighted by molar-refractivity contribution is 7.16. The van der Waals surface area contributed by atoms with Crippen molar-refractivity contribution in [1.29, 1.82) is 5.26 Å². The lowest BCUT2D eigenvalue weighted by atomic mass is 10.1. The van der Waals surface area contributed by atoms with E-state index in [-0.39, 0.29) is 16.9 Å². The molecule has 0 aliphatic heterocycles. The first kappa shape index (κ1) is 20.5. The SMILES string of the molecule is Cc1nc(-c2cccc(F)c2O)n(CCc2ccccc2)c(=O)c1-c1ccc(C#N)s1. The minimum absolute atomic E-state index is 0.156. The van der Waals surface area contributed by atoms with E-state index in [9.17, 15) is 14.3 Å². The first-order valence-corrected chi connectivity index (χ1v) is 10.4. The van der Waals surface area contributed by atoms with Crippen LogP contribution >= 0.6 is 11.3 Å². The molecule has 0 unspecified atom stereocenters. The molecule has 5 nitrogen and oxygen atoms in total. The molecule has 2 aromatic heterocycles. The van der Waals surface area contributed by atoms with E-state index in [1.165, 1.54) is 28.0 Å². The van der Waals surface area contributed by atoms with Crippen molar-refractivity contribution >= 4 is 11.3 Å². The van der Waals surface area contributed by atoms with Crippen LogP contribution in [0, 0.1) is 24.1 Å². The largest absolute Gasteiger partial charge is 0.504 e. The van der Waals surface area contributed by atoms with E-state index in [1.54, 1.807) is 19.1 Å². The summed E-state index contributed by atoms with van der Waals surface area (Å²) >= 11 is 1.22. The van der Waals surface area contributed by atoms with Crippen molar-refractivity contribution in [2.75, 3.05) is 0 Å². The Bertz CT molecular complexity index is 1350. The van der Waals surface area contributed by atoms with Crippen molar-refractivity contribution in [2.45, 2.75) is 19.9 Å². The van der Waals surface area contributed by atoms with E-state index >= 15 is 0 Å². The molecule has 0 bridgehead atoms. The lowest BCUT2D eigenvalue weighted by Crippen LogP contribution is -2.27. The first-order valence-electron chi connectivity index (χ1n) is 9.63. The van der Waals surface area contributed by atoms with Crippen LogP contribution in [0.3, 0.4) is 0 Å². The minimum atomic E-state index is -0.778. The van der Waals surface area contributed by atoms with Gasteiger partial charge in [-0.1, -0.05) is 36.4 Å². The molecule has 0 radical (unpaired) electrons. The standard InChI is InChI=1S/C24H18FN3O2S/c1-15-21(20-11-10-17(14-26)31-20)24(30)28(13-12-16-6-3-2-4-7-16)23(27-15)18-8-5-9-19(25)22(18)29/h2-11,29H,12-13H2,1H3. The molecule has 7 heteroatoms. The van der Waals surface area contributed by atoms with Crippen LogP contribution in [0.4, 0.5) is 4.39 Å². The smallest absolute Gasteiger partial charge is 0.262 e. The Balaban J connectivity index is 1.90. The van der Waals surface area contributed by atoms with Crippen molar-refractivity contribution in [3.8, 4) is 33.6 Å². The predicted octanol–water partition coefficient (Wildman–Crippen LogP) is 4.91. The summed E-state index contributed by atoms with van der Waals surface area (Å²) in [6.07, 6.45) is 0.557. The highest BCUT2D eigenvalue weighted by atomic mass is 32.1. The van der Waals surface area contributed by atoms with E-state index in [2.05, 4.69) is 11.1 Å². The number of hydrogen-bond acceptors (Lipinski definition) is 5. The molecule has 2 heterocycles. The molecule has 31 heavy (non-hydrogen) atoms. The zero-order chi connectivity index (χ0) is 22.0. The molecule has 0 fully saturated rings. The number of halogens is 1. The third-order valence-electron chi connectivity index (χ3n) is 5.01. The Kier molecular flexibility index (Phi) is 5.65. The maximum Gasteiger partial charge on any atom is 0.262 e. The van der Waals surface area contributed by atoms with Crippen LogP contribution < -0.4 is 5.56 Å². The lowest BCUT2D eigenvalue weighted by molar-refractivity contribution is 0.433. The Morgan fingerprint density at radius 3 is 2.61 bits per heavy atom. The predicted molar refractivity (Wildman–Crippen MR) is 118 cm³/mol. The quantitative estimate of drug-likeness (QED) is 0.487. The van der Waals surface area contributed by atoms with Gasteiger partial charge in [0.15, 0.2) is 11.6 Å². The van der Waals surface area contributed by atoms with Gasteiger partial charge in [-0.05, 0) is 43.2 Å². The molecule has 4 aromatic rings. The summed E-state index contributed by atoms with van der Waals surface area (Å²) in [7, 11) is 0. The van der Waals surface area contributed by atoms with Gasteiger partial charge in [0.25, 0.3) is 5.56 Å². The summed E-state index contributed by atoms with van der Waals surface area (Å²) < 4.78 is 15.5. The molecule has 1 N–H and O–H groups in total. The van der Waals surface area contributed by atoms with E-state index in [0.29, 0.717) is 34.0 Å². The second-order valence-corrected chi connectivity index (χ2v) is 8.08. The molecular weight excluding hydrogens is 413 g/mol. The van der Waals surface area contributed by atoms with Crippen molar-refractivity contribution in [2.24, 2.45) is 0 Å².